The van der Waals surface area contributed by atoms with E-state index in [1.165, 1.54) is 6.42 Å². The van der Waals surface area contributed by atoms with Crippen LogP contribution in [0.1, 0.15) is 44.6 Å². The molecule has 0 bridgehead atoms. The molecule has 1 aliphatic carbocycles. The van der Waals surface area contributed by atoms with Gasteiger partial charge >= 0.3 is 0 Å². The van der Waals surface area contributed by atoms with E-state index >= 15 is 0 Å². The van der Waals surface area contributed by atoms with E-state index in [-0.39, 0.29) is 0 Å². The van der Waals surface area contributed by atoms with Crippen LogP contribution >= 0.6 is 23.2 Å². The first-order chi connectivity index (χ1) is 9.57. The molecular weight excluding hydrogens is 295 g/mol. The molecule has 112 valence electrons. The van der Waals surface area contributed by atoms with E-state index in [2.05, 4.69) is 0 Å². The number of benzene rings is 1. The van der Waals surface area contributed by atoms with Gasteiger partial charge in [-0.3, -0.25) is 0 Å². The summed E-state index contributed by atoms with van der Waals surface area (Å²) >= 11 is 12.1. The third-order valence-electron chi connectivity index (χ3n) is 4.17. The number of hydrogen-bond acceptors (Lipinski definition) is 2. The summed E-state index contributed by atoms with van der Waals surface area (Å²) in [6, 6.07) is 5.42. The summed E-state index contributed by atoms with van der Waals surface area (Å²) in [5.41, 5.74) is 0.517. The Morgan fingerprint density at radius 2 is 1.95 bits per heavy atom. The molecule has 0 saturated heterocycles. The van der Waals surface area contributed by atoms with Gasteiger partial charge in [0.05, 0.1) is 11.7 Å². The minimum atomic E-state index is -0.526. The molecule has 0 aliphatic heterocycles. The second-order valence-electron chi connectivity index (χ2n) is 5.51. The van der Waals surface area contributed by atoms with Gasteiger partial charge in [0.2, 0.25) is 0 Å². The van der Waals surface area contributed by atoms with Crippen molar-refractivity contribution in [1.29, 1.82) is 0 Å². The highest BCUT2D eigenvalue weighted by atomic mass is 35.5. The summed E-state index contributed by atoms with van der Waals surface area (Å²) in [7, 11) is 0. The summed E-state index contributed by atoms with van der Waals surface area (Å²) in [6.07, 6.45) is 5.29. The Kier molecular flexibility index (Phi) is 5.74. The molecule has 0 radical (unpaired) electrons. The summed E-state index contributed by atoms with van der Waals surface area (Å²) in [5, 5.41) is 11.9. The molecule has 20 heavy (non-hydrogen) atoms. The van der Waals surface area contributed by atoms with Crippen molar-refractivity contribution in [2.45, 2.75) is 57.2 Å². The SMILES string of the molecule is CCOC1(C(O)Cc2ccc(Cl)cc2Cl)CCCCC1. The number of rotatable bonds is 5. The smallest absolute Gasteiger partial charge is 0.0943 e. The van der Waals surface area contributed by atoms with Crippen LogP contribution in [0.25, 0.3) is 0 Å². The van der Waals surface area contributed by atoms with Crippen molar-refractivity contribution < 1.29 is 9.84 Å². The number of aliphatic hydroxyl groups excluding tert-OH is 1. The van der Waals surface area contributed by atoms with Gasteiger partial charge in [0, 0.05) is 23.1 Å². The van der Waals surface area contributed by atoms with Gasteiger partial charge in [-0.1, -0.05) is 48.5 Å². The van der Waals surface area contributed by atoms with Crippen molar-refractivity contribution in [3.63, 3.8) is 0 Å². The van der Waals surface area contributed by atoms with Crippen LogP contribution in [-0.4, -0.2) is 23.4 Å². The monoisotopic (exact) mass is 316 g/mol. The molecule has 4 heteroatoms. The largest absolute Gasteiger partial charge is 0.390 e. The predicted molar refractivity (Wildman–Crippen MR) is 83.6 cm³/mol. The van der Waals surface area contributed by atoms with Crippen LogP contribution in [0.5, 0.6) is 0 Å². The quantitative estimate of drug-likeness (QED) is 0.857. The molecule has 2 rings (SSSR count). The van der Waals surface area contributed by atoms with Crippen LogP contribution in [-0.2, 0) is 11.2 Å². The molecule has 0 spiro atoms. The lowest BCUT2D eigenvalue weighted by Crippen LogP contribution is -2.47. The van der Waals surface area contributed by atoms with Gasteiger partial charge in [0.25, 0.3) is 0 Å². The molecule has 0 aromatic heterocycles. The maximum Gasteiger partial charge on any atom is 0.0943 e. The van der Waals surface area contributed by atoms with Gasteiger partial charge in [-0.15, -0.1) is 0 Å². The van der Waals surface area contributed by atoms with Crippen molar-refractivity contribution in [2.24, 2.45) is 0 Å². The molecule has 2 nitrogen and oxygen atoms in total. The van der Waals surface area contributed by atoms with Crippen molar-refractivity contribution in [3.05, 3.63) is 33.8 Å². The van der Waals surface area contributed by atoms with Crippen LogP contribution in [0.2, 0.25) is 10.0 Å². The molecule has 1 aliphatic rings. The average Bonchev–Trinajstić information content (AvgIpc) is 2.43. The molecule has 0 heterocycles. The fourth-order valence-corrected chi connectivity index (χ4v) is 3.58. The van der Waals surface area contributed by atoms with Crippen molar-refractivity contribution in [2.75, 3.05) is 6.61 Å². The number of aliphatic hydroxyl groups is 1. The highest BCUT2D eigenvalue weighted by molar-refractivity contribution is 6.35. The Bertz CT molecular complexity index is 437. The normalized spacial score (nSPS) is 19.8. The first kappa shape index (κ1) is 16.1. The predicted octanol–water partition coefficient (Wildman–Crippen LogP) is 4.64. The van der Waals surface area contributed by atoms with Gasteiger partial charge in [-0.05, 0) is 37.5 Å². The summed E-state index contributed by atoms with van der Waals surface area (Å²) in [5.74, 6) is 0. The Hall–Kier alpha value is -0.280. The van der Waals surface area contributed by atoms with Gasteiger partial charge < -0.3 is 9.84 Å². The van der Waals surface area contributed by atoms with E-state index in [0.29, 0.717) is 23.1 Å². The van der Waals surface area contributed by atoms with E-state index in [1.54, 1.807) is 6.07 Å². The lowest BCUT2D eigenvalue weighted by atomic mass is 9.78. The summed E-state index contributed by atoms with van der Waals surface area (Å²) < 4.78 is 5.95. The zero-order valence-corrected chi connectivity index (χ0v) is 13.4. The fourth-order valence-electron chi connectivity index (χ4n) is 3.09. The van der Waals surface area contributed by atoms with E-state index < -0.39 is 11.7 Å². The number of ether oxygens (including phenoxy) is 1. The molecule has 1 unspecified atom stereocenters. The zero-order chi connectivity index (χ0) is 14.6. The Morgan fingerprint density at radius 1 is 1.25 bits per heavy atom. The minimum Gasteiger partial charge on any atom is -0.390 e. The molecular formula is C16H22Cl2O2. The highest BCUT2D eigenvalue weighted by Gasteiger charge is 2.39. The molecule has 1 atom stereocenters. The Labute approximate surface area is 131 Å². The van der Waals surface area contributed by atoms with E-state index in [4.69, 9.17) is 27.9 Å². The van der Waals surface area contributed by atoms with E-state index in [1.807, 2.05) is 19.1 Å². The molecule has 1 aromatic carbocycles. The average molecular weight is 317 g/mol. The Balaban J connectivity index is 2.13. The van der Waals surface area contributed by atoms with Gasteiger partial charge in [0.15, 0.2) is 0 Å². The topological polar surface area (TPSA) is 29.5 Å². The molecule has 1 aromatic rings. The lowest BCUT2D eigenvalue weighted by Gasteiger charge is -2.41. The number of hydrogen-bond donors (Lipinski definition) is 1. The summed E-state index contributed by atoms with van der Waals surface area (Å²) in [4.78, 5) is 0. The molecule has 1 fully saturated rings. The molecule has 1 N–H and O–H groups in total. The number of halogens is 2. The molecule has 1 saturated carbocycles. The first-order valence-electron chi connectivity index (χ1n) is 7.33. The second kappa shape index (κ2) is 7.13. The van der Waals surface area contributed by atoms with Crippen molar-refractivity contribution in [3.8, 4) is 0 Å². The third-order valence-corrected chi connectivity index (χ3v) is 4.75. The van der Waals surface area contributed by atoms with Crippen LogP contribution < -0.4 is 0 Å². The maximum atomic E-state index is 10.7. The Morgan fingerprint density at radius 3 is 2.55 bits per heavy atom. The van der Waals surface area contributed by atoms with Crippen molar-refractivity contribution in [1.82, 2.24) is 0 Å². The lowest BCUT2D eigenvalue weighted by molar-refractivity contribution is -0.138. The summed E-state index contributed by atoms with van der Waals surface area (Å²) in [6.45, 7) is 2.61. The highest BCUT2D eigenvalue weighted by Crippen LogP contribution is 2.36. The van der Waals surface area contributed by atoms with Crippen LogP contribution in [0.4, 0.5) is 0 Å². The zero-order valence-electron chi connectivity index (χ0n) is 11.9. The van der Waals surface area contributed by atoms with Crippen LogP contribution in [0.3, 0.4) is 0 Å². The third kappa shape index (κ3) is 3.67. The van der Waals surface area contributed by atoms with Crippen LogP contribution in [0, 0.1) is 0 Å². The van der Waals surface area contributed by atoms with E-state index in [9.17, 15) is 5.11 Å². The fraction of sp³-hybridized carbons (Fsp3) is 0.625. The van der Waals surface area contributed by atoms with Gasteiger partial charge in [-0.25, -0.2) is 0 Å². The van der Waals surface area contributed by atoms with Crippen LogP contribution in [0.15, 0.2) is 18.2 Å². The second-order valence-corrected chi connectivity index (χ2v) is 6.36. The first-order valence-corrected chi connectivity index (χ1v) is 8.09. The molecule has 0 amide bonds. The van der Waals surface area contributed by atoms with Crippen molar-refractivity contribution >= 4 is 23.2 Å². The van der Waals surface area contributed by atoms with E-state index in [0.717, 1.165) is 31.2 Å². The minimum absolute atomic E-state index is 0.407. The van der Waals surface area contributed by atoms with Gasteiger partial charge in [0.1, 0.15) is 0 Å². The van der Waals surface area contributed by atoms with Gasteiger partial charge in [-0.2, -0.15) is 0 Å². The standard InChI is InChI=1S/C16H22Cl2O2/c1-2-20-16(8-4-3-5-9-16)15(19)10-12-6-7-13(17)11-14(12)18/h6-7,11,15,19H,2-5,8-10H2,1H3. The maximum absolute atomic E-state index is 10.7.